The number of ketones is 1. The topological polar surface area (TPSA) is 49.8 Å². The fourth-order valence-corrected chi connectivity index (χ4v) is 3.40. The molecule has 1 N–H and O–H groups in total. The second-order valence-corrected chi connectivity index (χ2v) is 8.25. The molecule has 3 atom stereocenters. The molecule has 0 aromatic carbocycles. The first-order chi connectivity index (χ1) is 10.6. The van der Waals surface area contributed by atoms with Crippen LogP contribution in [0.2, 0.25) is 0 Å². The Hall–Kier alpha value is -0.930. The highest BCUT2D eigenvalue weighted by atomic mass is 16.6. The summed E-state index contributed by atoms with van der Waals surface area (Å²) in [4.78, 5) is 12.2. The van der Waals surface area contributed by atoms with E-state index in [0.717, 1.165) is 31.3 Å². The lowest BCUT2D eigenvalue weighted by molar-refractivity contribution is -0.119. The highest BCUT2D eigenvalue weighted by Gasteiger charge is 2.50. The summed E-state index contributed by atoms with van der Waals surface area (Å²) in [7, 11) is 0. The molecule has 0 spiro atoms. The number of hydrogen-bond donors (Lipinski definition) is 1. The number of carbonyl (C=O) groups is 1. The van der Waals surface area contributed by atoms with Crippen LogP contribution in [0.1, 0.15) is 73.1 Å². The number of rotatable bonds is 1. The van der Waals surface area contributed by atoms with Crippen molar-refractivity contribution in [2.75, 3.05) is 0 Å². The van der Waals surface area contributed by atoms with E-state index >= 15 is 0 Å². The maximum atomic E-state index is 12.2. The monoisotopic (exact) mass is 320 g/mol. The first-order valence-corrected chi connectivity index (χ1v) is 8.89. The van der Waals surface area contributed by atoms with Gasteiger partial charge in [-0.2, -0.15) is 0 Å². The van der Waals surface area contributed by atoms with Crippen molar-refractivity contribution in [1.82, 2.24) is 0 Å². The number of fused-ring (bicyclic) bond motifs is 1. The van der Waals surface area contributed by atoms with Gasteiger partial charge in [0.25, 0.3) is 0 Å². The fraction of sp³-hybridized carbons (Fsp3) is 0.750. The minimum absolute atomic E-state index is 0.109. The zero-order chi connectivity index (χ0) is 17.3. The van der Waals surface area contributed by atoms with Gasteiger partial charge in [0.2, 0.25) is 0 Å². The van der Waals surface area contributed by atoms with Crippen LogP contribution in [0.4, 0.5) is 0 Å². The standard InChI is InChI=1S/C20H32O3/c1-14-7-6-10-20(5)18(23-20)13-16(19(3,4)22)9-8-15(2)12-17(21)11-14/h7,13,15,18,22H,6,8-12H2,1-5H3/b14-7+,16-13+/t15-,18+,20-/m0/s1. The van der Waals surface area contributed by atoms with Crippen LogP contribution in [0, 0.1) is 5.92 Å². The smallest absolute Gasteiger partial charge is 0.137 e. The molecule has 1 aliphatic heterocycles. The third-order valence-corrected chi connectivity index (χ3v) is 5.17. The number of epoxide rings is 1. The van der Waals surface area contributed by atoms with Gasteiger partial charge in [0.05, 0.1) is 11.2 Å². The van der Waals surface area contributed by atoms with Crippen molar-refractivity contribution in [3.8, 4) is 0 Å². The maximum Gasteiger partial charge on any atom is 0.137 e. The fourth-order valence-electron chi connectivity index (χ4n) is 3.40. The number of carbonyl (C=O) groups excluding carboxylic acids is 1. The van der Waals surface area contributed by atoms with Crippen LogP contribution in [0.15, 0.2) is 23.3 Å². The zero-order valence-corrected chi connectivity index (χ0v) is 15.3. The van der Waals surface area contributed by atoms with Gasteiger partial charge >= 0.3 is 0 Å². The van der Waals surface area contributed by atoms with E-state index in [-0.39, 0.29) is 11.7 Å². The van der Waals surface area contributed by atoms with Crippen LogP contribution in [0.25, 0.3) is 0 Å². The molecule has 0 bridgehead atoms. The van der Waals surface area contributed by atoms with Crippen LogP contribution in [0.3, 0.4) is 0 Å². The van der Waals surface area contributed by atoms with E-state index in [4.69, 9.17) is 4.74 Å². The van der Waals surface area contributed by atoms with Gasteiger partial charge in [-0.25, -0.2) is 0 Å². The van der Waals surface area contributed by atoms with Gasteiger partial charge in [-0.05, 0) is 64.9 Å². The lowest BCUT2D eigenvalue weighted by Gasteiger charge is -2.23. The van der Waals surface area contributed by atoms with E-state index in [2.05, 4.69) is 26.0 Å². The van der Waals surface area contributed by atoms with Gasteiger partial charge in [-0.1, -0.05) is 24.6 Å². The van der Waals surface area contributed by atoms with E-state index in [9.17, 15) is 9.90 Å². The molecular weight excluding hydrogens is 288 g/mol. The second-order valence-electron chi connectivity index (χ2n) is 8.25. The van der Waals surface area contributed by atoms with Crippen molar-refractivity contribution in [1.29, 1.82) is 0 Å². The molecule has 23 heavy (non-hydrogen) atoms. The molecule has 2 rings (SSSR count). The number of Topliss-reactive ketones (excluding diaryl/α,β-unsaturated/α-hetero) is 1. The normalized spacial score (nSPS) is 38.6. The third kappa shape index (κ3) is 5.29. The van der Waals surface area contributed by atoms with Crippen molar-refractivity contribution < 1.29 is 14.6 Å². The highest BCUT2D eigenvalue weighted by molar-refractivity contribution is 5.80. The number of allylic oxidation sites excluding steroid dienone is 2. The molecule has 1 heterocycles. The predicted octanol–water partition coefficient (Wildman–Crippen LogP) is 4.35. The van der Waals surface area contributed by atoms with Crippen molar-refractivity contribution >= 4 is 5.78 Å². The number of hydrogen-bond acceptors (Lipinski definition) is 3. The van der Waals surface area contributed by atoms with E-state index in [1.165, 1.54) is 5.57 Å². The molecule has 1 fully saturated rings. The Labute approximate surface area is 140 Å². The second kappa shape index (κ2) is 6.90. The molecule has 2 aliphatic rings. The number of aliphatic hydroxyl groups is 1. The first kappa shape index (κ1) is 18.4. The molecule has 3 nitrogen and oxygen atoms in total. The van der Waals surface area contributed by atoms with Crippen LogP contribution in [-0.2, 0) is 9.53 Å². The molecule has 0 aromatic rings. The van der Waals surface area contributed by atoms with Gasteiger partial charge in [0.1, 0.15) is 11.9 Å². The Kier molecular flexibility index (Phi) is 5.52. The lowest BCUT2D eigenvalue weighted by atomic mass is 9.86. The summed E-state index contributed by atoms with van der Waals surface area (Å²) in [6, 6.07) is 0. The SMILES string of the molecule is C/C1=C\CC[C@]2(C)O[C@@H]2/C=C(/C(C)(C)O)CC[C@H](C)CC(=O)C1. The van der Waals surface area contributed by atoms with Crippen molar-refractivity contribution in [3.63, 3.8) is 0 Å². The minimum atomic E-state index is -0.829. The zero-order valence-electron chi connectivity index (χ0n) is 15.3. The summed E-state index contributed by atoms with van der Waals surface area (Å²) < 4.78 is 5.91. The molecule has 1 aliphatic carbocycles. The predicted molar refractivity (Wildman–Crippen MR) is 93.3 cm³/mol. The summed E-state index contributed by atoms with van der Waals surface area (Å²) in [6.07, 6.45) is 9.24. The van der Waals surface area contributed by atoms with E-state index in [1.807, 2.05) is 20.8 Å². The summed E-state index contributed by atoms with van der Waals surface area (Å²) in [5.74, 6) is 0.666. The quantitative estimate of drug-likeness (QED) is 0.577. The Bertz CT molecular complexity index is 509. The van der Waals surface area contributed by atoms with E-state index in [0.29, 0.717) is 24.5 Å². The molecule has 0 aromatic heterocycles. The van der Waals surface area contributed by atoms with Gasteiger partial charge in [0.15, 0.2) is 0 Å². The molecule has 3 heteroatoms. The lowest BCUT2D eigenvalue weighted by Crippen LogP contribution is -2.24. The van der Waals surface area contributed by atoms with Crippen LogP contribution in [0.5, 0.6) is 0 Å². The summed E-state index contributed by atoms with van der Waals surface area (Å²) in [6.45, 7) is 9.99. The van der Waals surface area contributed by atoms with E-state index in [1.54, 1.807) is 0 Å². The largest absolute Gasteiger partial charge is 0.386 e. The average Bonchev–Trinajstić information content (AvgIpc) is 3.02. The summed E-state index contributed by atoms with van der Waals surface area (Å²) in [5.41, 5.74) is 1.26. The molecule has 0 radical (unpaired) electrons. The molecule has 0 amide bonds. The van der Waals surface area contributed by atoms with Crippen LogP contribution in [-0.4, -0.2) is 28.2 Å². The minimum Gasteiger partial charge on any atom is -0.386 e. The molecule has 0 unspecified atom stereocenters. The van der Waals surface area contributed by atoms with Crippen molar-refractivity contribution in [3.05, 3.63) is 23.3 Å². The average molecular weight is 320 g/mol. The number of ether oxygens (including phenoxy) is 1. The Morgan fingerprint density at radius 1 is 1.39 bits per heavy atom. The summed E-state index contributed by atoms with van der Waals surface area (Å²) in [5, 5.41) is 10.4. The summed E-state index contributed by atoms with van der Waals surface area (Å²) >= 11 is 0. The van der Waals surface area contributed by atoms with E-state index < -0.39 is 5.60 Å². The van der Waals surface area contributed by atoms with Gasteiger partial charge in [-0.3, -0.25) is 4.79 Å². The molecular formula is C20H32O3. The Morgan fingerprint density at radius 2 is 2.09 bits per heavy atom. The van der Waals surface area contributed by atoms with Crippen LogP contribution >= 0.6 is 0 Å². The molecule has 1 saturated heterocycles. The third-order valence-electron chi connectivity index (χ3n) is 5.17. The maximum absolute atomic E-state index is 12.2. The Morgan fingerprint density at radius 3 is 2.74 bits per heavy atom. The highest BCUT2D eigenvalue weighted by Crippen LogP contribution is 2.43. The van der Waals surface area contributed by atoms with Crippen molar-refractivity contribution in [2.24, 2.45) is 5.92 Å². The van der Waals surface area contributed by atoms with Gasteiger partial charge < -0.3 is 9.84 Å². The Balaban J connectivity index is 2.18. The van der Waals surface area contributed by atoms with Gasteiger partial charge in [0, 0.05) is 12.8 Å². The molecule has 0 saturated carbocycles. The molecule has 130 valence electrons. The van der Waals surface area contributed by atoms with Gasteiger partial charge in [-0.15, -0.1) is 0 Å². The van der Waals surface area contributed by atoms with Crippen LogP contribution < -0.4 is 0 Å². The first-order valence-electron chi connectivity index (χ1n) is 8.89. The van der Waals surface area contributed by atoms with Crippen molar-refractivity contribution in [2.45, 2.75) is 90.4 Å².